The van der Waals surface area contributed by atoms with Crippen LogP contribution in [0.2, 0.25) is 0 Å². The van der Waals surface area contributed by atoms with Crippen molar-refractivity contribution in [2.24, 2.45) is 0 Å². The molecule has 212 valence electrons. The second-order valence-electron chi connectivity index (χ2n) is 10.2. The molecule has 0 bridgehead atoms. The molecule has 1 heterocycles. The summed E-state index contributed by atoms with van der Waals surface area (Å²) in [6.07, 6.45) is -1.93. The molecule has 2 rings (SSSR count). The number of likely N-dealkylation sites (tertiary alicyclic amines) is 1. The Morgan fingerprint density at radius 1 is 1.11 bits per heavy atom. The highest BCUT2D eigenvalue weighted by Gasteiger charge is 2.45. The lowest BCUT2D eigenvalue weighted by molar-refractivity contribution is -0.153. The molecule has 0 aliphatic carbocycles. The lowest BCUT2D eigenvalue weighted by atomic mass is 10.1. The van der Waals surface area contributed by atoms with Gasteiger partial charge in [-0.1, -0.05) is 0 Å². The number of amides is 3. The molecular formula is C26H38FN3O8. The van der Waals surface area contributed by atoms with Crippen molar-refractivity contribution in [2.75, 3.05) is 27.8 Å². The number of hydrogen-bond donors (Lipinski definition) is 1. The van der Waals surface area contributed by atoms with E-state index in [1.54, 1.807) is 27.7 Å². The fraction of sp³-hybridized carbons (Fsp3) is 0.615. The van der Waals surface area contributed by atoms with Gasteiger partial charge in [0.1, 0.15) is 41.4 Å². The quantitative estimate of drug-likeness (QED) is 0.474. The number of hydrogen-bond acceptors (Lipinski definition) is 8. The maximum absolute atomic E-state index is 13.7. The number of likely N-dealkylation sites (N-methyl/N-ethyl adjacent to an activating group) is 1. The first kappa shape index (κ1) is 30.8. The van der Waals surface area contributed by atoms with Gasteiger partial charge in [0.05, 0.1) is 19.8 Å². The van der Waals surface area contributed by atoms with E-state index in [2.05, 4.69) is 5.32 Å². The number of methoxy groups -OCH3 is 2. The Morgan fingerprint density at radius 2 is 1.71 bits per heavy atom. The van der Waals surface area contributed by atoms with Crippen molar-refractivity contribution in [1.82, 2.24) is 15.1 Å². The number of carbonyl (C=O) groups excluding carboxylic acids is 4. The van der Waals surface area contributed by atoms with E-state index < -0.39 is 65.6 Å². The predicted octanol–water partition coefficient (Wildman–Crippen LogP) is 2.12. The van der Waals surface area contributed by atoms with Gasteiger partial charge < -0.3 is 29.2 Å². The van der Waals surface area contributed by atoms with Crippen LogP contribution in [0.25, 0.3) is 0 Å². The maximum atomic E-state index is 13.7. The Balaban J connectivity index is 2.21. The third-order valence-corrected chi connectivity index (χ3v) is 6.18. The summed E-state index contributed by atoms with van der Waals surface area (Å²) in [5.41, 5.74) is -0.754. The van der Waals surface area contributed by atoms with E-state index in [4.69, 9.17) is 18.9 Å². The molecule has 5 atom stereocenters. The summed E-state index contributed by atoms with van der Waals surface area (Å²) in [6, 6.07) is 2.26. The van der Waals surface area contributed by atoms with E-state index in [-0.39, 0.29) is 13.0 Å². The van der Waals surface area contributed by atoms with Crippen molar-refractivity contribution in [3.63, 3.8) is 0 Å². The molecule has 1 aromatic carbocycles. The second kappa shape index (κ2) is 12.9. The van der Waals surface area contributed by atoms with Crippen molar-refractivity contribution in [3.8, 4) is 5.75 Å². The van der Waals surface area contributed by atoms with Crippen LogP contribution in [0.4, 0.5) is 9.18 Å². The van der Waals surface area contributed by atoms with Crippen LogP contribution in [0.5, 0.6) is 5.75 Å². The molecule has 1 aromatic rings. The Kier molecular flexibility index (Phi) is 10.5. The summed E-state index contributed by atoms with van der Waals surface area (Å²) in [5.74, 6) is -1.89. The van der Waals surface area contributed by atoms with Gasteiger partial charge in [-0.15, -0.1) is 0 Å². The molecule has 0 aromatic heterocycles. The highest BCUT2D eigenvalue weighted by atomic mass is 19.1. The predicted molar refractivity (Wildman–Crippen MR) is 135 cm³/mol. The Labute approximate surface area is 222 Å². The van der Waals surface area contributed by atoms with Crippen LogP contribution in [-0.4, -0.2) is 97.4 Å². The molecule has 11 nitrogen and oxygen atoms in total. The zero-order chi connectivity index (χ0) is 28.8. The van der Waals surface area contributed by atoms with Gasteiger partial charge in [-0.25, -0.2) is 14.0 Å². The minimum absolute atomic E-state index is 0.0200. The average molecular weight is 540 g/mol. The minimum Gasteiger partial charge on any atom is -0.488 e. The van der Waals surface area contributed by atoms with E-state index >= 15 is 0 Å². The molecule has 1 N–H and O–H groups in total. The first-order chi connectivity index (χ1) is 17.7. The fourth-order valence-electron chi connectivity index (χ4n) is 3.83. The summed E-state index contributed by atoms with van der Waals surface area (Å²) in [4.78, 5) is 54.1. The number of nitrogens with zero attached hydrogens (tertiary/aromatic N) is 2. The summed E-state index contributed by atoms with van der Waals surface area (Å²) < 4.78 is 34.7. The standard InChI is InChI=1S/C26H38FN3O8/c1-15(29(6)25(34)38-26(3,4)5)22(31)28-21(16(2)35-7)23(32)30-14-19(13-20(30)24(33)36-8)37-18-11-9-17(27)10-12-18/h9-12,15-16,19-21H,13-14H2,1-8H3,(H,28,31). The minimum atomic E-state index is -1.18. The van der Waals surface area contributed by atoms with Crippen LogP contribution in [0, 0.1) is 5.82 Å². The van der Waals surface area contributed by atoms with E-state index in [1.165, 1.54) is 57.4 Å². The molecule has 1 aliphatic rings. The van der Waals surface area contributed by atoms with Gasteiger partial charge in [-0.05, 0) is 58.9 Å². The van der Waals surface area contributed by atoms with Crippen molar-refractivity contribution in [3.05, 3.63) is 30.1 Å². The Morgan fingerprint density at radius 3 is 2.24 bits per heavy atom. The molecule has 12 heteroatoms. The smallest absolute Gasteiger partial charge is 0.410 e. The third kappa shape index (κ3) is 8.04. The van der Waals surface area contributed by atoms with Crippen molar-refractivity contribution >= 4 is 23.9 Å². The summed E-state index contributed by atoms with van der Waals surface area (Å²) in [5, 5.41) is 2.65. The molecule has 3 amide bonds. The molecule has 0 saturated carbocycles. The number of carbonyl (C=O) groups is 4. The first-order valence-corrected chi connectivity index (χ1v) is 12.3. The van der Waals surface area contributed by atoms with E-state index in [0.717, 1.165) is 4.90 Å². The Hall–Kier alpha value is -3.41. The van der Waals surface area contributed by atoms with Gasteiger partial charge in [0.2, 0.25) is 11.8 Å². The summed E-state index contributed by atoms with van der Waals surface area (Å²) in [7, 11) is 4.01. The van der Waals surface area contributed by atoms with Gasteiger partial charge in [0, 0.05) is 20.6 Å². The molecule has 1 fully saturated rings. The zero-order valence-corrected chi connectivity index (χ0v) is 23.1. The first-order valence-electron chi connectivity index (χ1n) is 12.3. The molecule has 1 aliphatic heterocycles. The van der Waals surface area contributed by atoms with Crippen LogP contribution in [0.15, 0.2) is 24.3 Å². The summed E-state index contributed by atoms with van der Waals surface area (Å²) >= 11 is 0. The SMILES string of the molecule is COC(=O)C1CC(Oc2ccc(F)cc2)CN1C(=O)C(NC(=O)C(C)N(C)C(=O)OC(C)(C)C)C(C)OC. The lowest BCUT2D eigenvalue weighted by Crippen LogP contribution is -2.59. The molecule has 5 unspecified atom stereocenters. The van der Waals surface area contributed by atoms with E-state index in [9.17, 15) is 23.6 Å². The van der Waals surface area contributed by atoms with Gasteiger partial charge >= 0.3 is 12.1 Å². The maximum Gasteiger partial charge on any atom is 0.410 e. The van der Waals surface area contributed by atoms with Crippen LogP contribution < -0.4 is 10.1 Å². The molecule has 1 saturated heterocycles. The van der Waals surface area contributed by atoms with Crippen molar-refractivity contribution < 1.29 is 42.5 Å². The van der Waals surface area contributed by atoms with Gasteiger partial charge in [0.25, 0.3) is 0 Å². The van der Waals surface area contributed by atoms with E-state index in [0.29, 0.717) is 5.75 Å². The van der Waals surface area contributed by atoms with Crippen LogP contribution >= 0.6 is 0 Å². The number of benzene rings is 1. The highest BCUT2D eigenvalue weighted by Crippen LogP contribution is 2.26. The normalized spacial score (nSPS) is 19.7. The van der Waals surface area contributed by atoms with Crippen molar-refractivity contribution in [1.29, 1.82) is 0 Å². The largest absolute Gasteiger partial charge is 0.488 e. The van der Waals surface area contributed by atoms with Crippen LogP contribution in [0.3, 0.4) is 0 Å². The Bertz CT molecular complexity index is 997. The average Bonchev–Trinajstić information content (AvgIpc) is 3.28. The number of ether oxygens (including phenoxy) is 4. The number of esters is 1. The second-order valence-corrected chi connectivity index (χ2v) is 10.2. The zero-order valence-electron chi connectivity index (χ0n) is 23.1. The van der Waals surface area contributed by atoms with Crippen LogP contribution in [-0.2, 0) is 28.6 Å². The molecule has 38 heavy (non-hydrogen) atoms. The topological polar surface area (TPSA) is 124 Å². The molecular weight excluding hydrogens is 501 g/mol. The van der Waals surface area contributed by atoms with Crippen LogP contribution in [0.1, 0.15) is 41.0 Å². The summed E-state index contributed by atoms with van der Waals surface area (Å²) in [6.45, 7) is 8.24. The highest BCUT2D eigenvalue weighted by molar-refractivity contribution is 5.93. The fourth-order valence-corrected chi connectivity index (χ4v) is 3.83. The van der Waals surface area contributed by atoms with Gasteiger partial charge in [0.15, 0.2) is 0 Å². The number of rotatable bonds is 9. The van der Waals surface area contributed by atoms with Gasteiger partial charge in [-0.2, -0.15) is 0 Å². The van der Waals surface area contributed by atoms with Crippen molar-refractivity contribution in [2.45, 2.75) is 77.0 Å². The number of halogens is 1. The molecule has 0 spiro atoms. The number of nitrogens with one attached hydrogen (secondary N) is 1. The van der Waals surface area contributed by atoms with Gasteiger partial charge in [-0.3, -0.25) is 14.5 Å². The molecule has 0 radical (unpaired) electrons. The lowest BCUT2D eigenvalue weighted by Gasteiger charge is -2.32. The monoisotopic (exact) mass is 539 g/mol. The van der Waals surface area contributed by atoms with E-state index in [1.807, 2.05) is 0 Å². The third-order valence-electron chi connectivity index (χ3n) is 6.18.